The second kappa shape index (κ2) is 3.10. The fraction of sp³-hybridized carbons (Fsp3) is 0.333. The van der Waals surface area contributed by atoms with E-state index in [0.717, 1.165) is 0 Å². The second-order valence-corrected chi connectivity index (χ2v) is 7.21. The molecule has 1 rings (SSSR count). The molecule has 50 valence electrons. The van der Waals surface area contributed by atoms with Crippen LogP contribution in [-0.4, -0.2) is 19.8 Å². The minimum atomic E-state index is -0.832. The first-order valence-electron chi connectivity index (χ1n) is 2.57. The molecule has 0 spiro atoms. The van der Waals surface area contributed by atoms with E-state index >= 15 is 0 Å². The summed E-state index contributed by atoms with van der Waals surface area (Å²) in [6.45, 7) is 0. The molecule has 0 bridgehead atoms. The third-order valence-corrected chi connectivity index (χ3v) is 3.78. The average molecular weight is 236 g/mol. The maximum absolute atomic E-state index is 4.14. The Morgan fingerprint density at radius 1 is 1.44 bits per heavy atom. The van der Waals surface area contributed by atoms with E-state index in [1.54, 1.807) is 12.5 Å². The van der Waals surface area contributed by atoms with Crippen molar-refractivity contribution in [3.8, 4) is 0 Å². The number of alkyl halides is 2. The molecular weight excluding hydrogens is 227 g/mol. The minimum absolute atomic E-state index is 0.832. The van der Waals surface area contributed by atoms with Crippen LogP contribution in [0.1, 0.15) is 0 Å². The molecule has 0 fully saturated rings. The van der Waals surface area contributed by atoms with E-state index in [0.29, 0.717) is 0 Å². The summed E-state index contributed by atoms with van der Waals surface area (Å²) in [5.74, 6) is 0. The molecule has 0 aliphatic heterocycles. The molecule has 0 aliphatic rings. The van der Waals surface area contributed by atoms with Gasteiger partial charge < -0.3 is 0 Å². The Kier molecular flexibility index (Phi) is 2.38. The molecule has 2 nitrogen and oxygen atoms in total. The van der Waals surface area contributed by atoms with Crippen molar-refractivity contribution in [2.24, 2.45) is 0 Å². The van der Waals surface area contributed by atoms with Gasteiger partial charge in [-0.3, -0.25) is 0 Å². The molecule has 0 aromatic carbocycles. The van der Waals surface area contributed by atoms with Gasteiger partial charge in [0.1, 0.15) is 0 Å². The molecule has 3 heteroatoms. The van der Waals surface area contributed by atoms with Crippen molar-refractivity contribution < 1.29 is 0 Å². The molecule has 1 aromatic heterocycles. The van der Waals surface area contributed by atoms with Crippen LogP contribution in [0.2, 0.25) is 0 Å². The topological polar surface area (TPSA) is 25.8 Å². The van der Waals surface area contributed by atoms with Gasteiger partial charge in [-0.1, -0.05) is 0 Å². The first kappa shape index (κ1) is 6.92. The van der Waals surface area contributed by atoms with Crippen molar-refractivity contribution in [3.05, 3.63) is 22.3 Å². The van der Waals surface area contributed by atoms with Crippen LogP contribution in [0.4, 0.5) is 0 Å². The fourth-order valence-electron chi connectivity index (χ4n) is 0.498. The fourth-order valence-corrected chi connectivity index (χ4v) is 2.06. The number of hydrogen-bond donors (Lipinski definition) is 0. The Hall–Kier alpha value is -0.190. The van der Waals surface area contributed by atoms with E-state index in [2.05, 4.69) is 19.8 Å². The molecule has 0 radical (unpaired) electrons. The zero-order valence-electron chi connectivity index (χ0n) is 5.50. The molecule has 9 heavy (non-hydrogen) atoms. The Morgan fingerprint density at radius 2 is 2.22 bits per heavy atom. The van der Waals surface area contributed by atoms with Crippen LogP contribution < -0.4 is 0 Å². The van der Waals surface area contributed by atoms with Crippen LogP contribution in [0, 0.1) is 3.70 Å². The third kappa shape index (κ3) is 1.89. The Labute approximate surface area is 62.1 Å². The van der Waals surface area contributed by atoms with E-state index in [9.17, 15) is 0 Å². The number of hydrogen-bond acceptors (Lipinski definition) is 2. The van der Waals surface area contributed by atoms with Crippen molar-refractivity contribution in [2.45, 2.75) is 0 Å². The quantitative estimate of drug-likeness (QED) is 0.418. The van der Waals surface area contributed by atoms with E-state index in [4.69, 9.17) is 0 Å². The first-order valence-corrected chi connectivity index (χ1v) is 7.96. The van der Waals surface area contributed by atoms with Crippen molar-refractivity contribution in [1.29, 1.82) is 0 Å². The van der Waals surface area contributed by atoms with E-state index in [1.165, 1.54) is 3.70 Å². The van der Waals surface area contributed by atoms with E-state index in [-0.39, 0.29) is 0 Å². The monoisotopic (exact) mass is 236 g/mol. The average Bonchev–Trinajstić information content (AvgIpc) is 1.90. The zero-order chi connectivity index (χ0) is 6.69. The second-order valence-electron chi connectivity index (χ2n) is 1.79. The Bertz CT molecular complexity index is 174. The van der Waals surface area contributed by atoms with Gasteiger partial charge in [0.2, 0.25) is 0 Å². The van der Waals surface area contributed by atoms with Crippen molar-refractivity contribution in [2.75, 3.05) is 9.86 Å². The summed E-state index contributed by atoms with van der Waals surface area (Å²) in [6.07, 6.45) is 3.42. The Balaban J connectivity index is 2.85. The number of nitrogens with zero attached hydrogens (tertiary/aromatic N) is 2. The van der Waals surface area contributed by atoms with Gasteiger partial charge in [0.05, 0.1) is 0 Å². The van der Waals surface area contributed by atoms with Crippen molar-refractivity contribution in [1.82, 2.24) is 9.97 Å². The normalized spacial score (nSPS) is 11.1. The summed E-state index contributed by atoms with van der Waals surface area (Å²) < 4.78 is 1.26. The van der Waals surface area contributed by atoms with Gasteiger partial charge in [-0.15, -0.1) is 0 Å². The predicted molar refractivity (Wildman–Crippen MR) is 46.6 cm³/mol. The Morgan fingerprint density at radius 3 is 2.56 bits per heavy atom. The number of halogens is 1. The van der Waals surface area contributed by atoms with Gasteiger partial charge in [-0.2, -0.15) is 0 Å². The maximum atomic E-state index is 4.14. The summed E-state index contributed by atoms with van der Waals surface area (Å²) in [4.78, 5) is 12.5. The molecule has 1 aromatic rings. The van der Waals surface area contributed by atoms with Crippen molar-refractivity contribution >= 4 is 19.8 Å². The SMILES string of the molecule is CI(C)c1ccncn1. The van der Waals surface area contributed by atoms with Gasteiger partial charge in [0, 0.05) is 0 Å². The molecule has 0 saturated carbocycles. The molecular formula is C6H9IN2. The number of rotatable bonds is 1. The van der Waals surface area contributed by atoms with E-state index in [1.807, 2.05) is 6.07 Å². The van der Waals surface area contributed by atoms with Gasteiger partial charge in [-0.25, -0.2) is 0 Å². The third-order valence-electron chi connectivity index (χ3n) is 0.933. The summed E-state index contributed by atoms with van der Waals surface area (Å²) in [6, 6.07) is 2.00. The molecule has 0 N–H and O–H groups in total. The van der Waals surface area contributed by atoms with Crippen LogP contribution in [-0.2, 0) is 0 Å². The van der Waals surface area contributed by atoms with Gasteiger partial charge in [-0.05, 0) is 0 Å². The molecule has 0 atom stereocenters. The van der Waals surface area contributed by atoms with Crippen LogP contribution in [0.15, 0.2) is 18.6 Å². The predicted octanol–water partition coefficient (Wildman–Crippen LogP) is 1.41. The standard InChI is InChI=1S/C6H9IN2/c1-7(2)6-3-4-8-5-9-6/h3-5H,1-2H3. The summed E-state index contributed by atoms with van der Waals surface area (Å²) in [7, 11) is 0. The zero-order valence-corrected chi connectivity index (χ0v) is 7.66. The number of aromatic nitrogens is 2. The molecule has 0 aliphatic carbocycles. The molecule has 0 unspecified atom stereocenters. The molecule has 0 amide bonds. The molecule has 1 heterocycles. The van der Waals surface area contributed by atoms with Crippen molar-refractivity contribution in [3.63, 3.8) is 0 Å². The summed E-state index contributed by atoms with van der Waals surface area (Å²) >= 11 is -0.832. The van der Waals surface area contributed by atoms with Gasteiger partial charge in [0.15, 0.2) is 0 Å². The van der Waals surface area contributed by atoms with E-state index < -0.39 is 19.8 Å². The van der Waals surface area contributed by atoms with Gasteiger partial charge >= 0.3 is 61.9 Å². The van der Waals surface area contributed by atoms with Gasteiger partial charge in [0.25, 0.3) is 0 Å². The van der Waals surface area contributed by atoms with Crippen LogP contribution in [0.25, 0.3) is 0 Å². The van der Waals surface area contributed by atoms with Crippen LogP contribution in [0.3, 0.4) is 0 Å². The van der Waals surface area contributed by atoms with Crippen LogP contribution >= 0.6 is 19.8 Å². The van der Waals surface area contributed by atoms with Crippen LogP contribution in [0.5, 0.6) is 0 Å². The molecule has 0 saturated heterocycles. The summed E-state index contributed by atoms with van der Waals surface area (Å²) in [5.41, 5.74) is 0. The first-order chi connectivity index (χ1) is 4.30. The summed E-state index contributed by atoms with van der Waals surface area (Å²) in [5, 5.41) is 0.